The maximum absolute atomic E-state index is 13.2. The Morgan fingerprint density at radius 3 is 2.81 bits per heavy atom. The molecule has 0 saturated heterocycles. The second kappa shape index (κ2) is 5.60. The molecule has 0 fully saturated rings. The van der Waals surface area contributed by atoms with Crippen molar-refractivity contribution in [3.63, 3.8) is 0 Å². The molecule has 0 spiro atoms. The number of rotatable bonds is 3. The molecule has 0 radical (unpaired) electrons. The molecule has 2 aromatic heterocycles. The van der Waals surface area contributed by atoms with Gasteiger partial charge in [0.15, 0.2) is 0 Å². The summed E-state index contributed by atoms with van der Waals surface area (Å²) in [5.41, 5.74) is 9.19. The van der Waals surface area contributed by atoms with Crippen molar-refractivity contribution >= 4 is 22.9 Å². The quantitative estimate of drug-likeness (QED) is 0.787. The van der Waals surface area contributed by atoms with Crippen LogP contribution in [-0.4, -0.2) is 9.55 Å². The predicted octanol–water partition coefficient (Wildman–Crippen LogP) is 4.16. The SMILES string of the molecule is Cc1nc(-c2ccc(F)cc2Cl)c(CN)n1-c1ccsc1. The van der Waals surface area contributed by atoms with Gasteiger partial charge in [-0.25, -0.2) is 9.37 Å². The van der Waals surface area contributed by atoms with Crippen LogP contribution in [-0.2, 0) is 6.54 Å². The number of benzene rings is 1. The molecule has 1 aromatic carbocycles. The van der Waals surface area contributed by atoms with E-state index >= 15 is 0 Å². The topological polar surface area (TPSA) is 43.8 Å². The Bertz CT molecular complexity index is 781. The zero-order chi connectivity index (χ0) is 15.0. The average Bonchev–Trinajstić information content (AvgIpc) is 3.05. The summed E-state index contributed by atoms with van der Waals surface area (Å²) in [6.45, 7) is 2.23. The molecular formula is C15H13ClFN3S. The van der Waals surface area contributed by atoms with Crippen LogP contribution in [0.3, 0.4) is 0 Å². The molecule has 0 aliphatic rings. The van der Waals surface area contributed by atoms with Crippen molar-refractivity contribution in [3.05, 3.63) is 57.4 Å². The van der Waals surface area contributed by atoms with Gasteiger partial charge >= 0.3 is 0 Å². The van der Waals surface area contributed by atoms with E-state index < -0.39 is 0 Å². The van der Waals surface area contributed by atoms with E-state index in [1.807, 2.05) is 28.3 Å². The Morgan fingerprint density at radius 1 is 1.38 bits per heavy atom. The Labute approximate surface area is 130 Å². The van der Waals surface area contributed by atoms with Gasteiger partial charge in [-0.1, -0.05) is 11.6 Å². The lowest BCUT2D eigenvalue weighted by Gasteiger charge is -2.08. The highest BCUT2D eigenvalue weighted by Gasteiger charge is 2.18. The van der Waals surface area contributed by atoms with E-state index in [1.165, 1.54) is 12.1 Å². The van der Waals surface area contributed by atoms with Crippen LogP contribution in [0.15, 0.2) is 35.0 Å². The second-order valence-corrected chi connectivity index (χ2v) is 5.79. The molecule has 0 aliphatic carbocycles. The smallest absolute Gasteiger partial charge is 0.124 e. The van der Waals surface area contributed by atoms with E-state index in [2.05, 4.69) is 4.98 Å². The number of hydrogen-bond donors (Lipinski definition) is 1. The van der Waals surface area contributed by atoms with Gasteiger partial charge in [-0.3, -0.25) is 4.57 Å². The van der Waals surface area contributed by atoms with Crippen LogP contribution in [0.1, 0.15) is 11.5 Å². The third-order valence-electron chi connectivity index (χ3n) is 3.28. The number of aryl methyl sites for hydroxylation is 1. The summed E-state index contributed by atoms with van der Waals surface area (Å²) >= 11 is 7.76. The molecule has 0 atom stereocenters. The first-order valence-electron chi connectivity index (χ1n) is 6.38. The van der Waals surface area contributed by atoms with Crippen LogP contribution < -0.4 is 5.73 Å². The summed E-state index contributed by atoms with van der Waals surface area (Å²) in [6.07, 6.45) is 0. The predicted molar refractivity (Wildman–Crippen MR) is 84.5 cm³/mol. The summed E-state index contributed by atoms with van der Waals surface area (Å²) in [5, 5.41) is 4.36. The standard InChI is InChI=1S/C15H13ClFN3S/c1-9-19-15(12-3-2-10(17)6-13(12)16)14(7-18)20(9)11-4-5-21-8-11/h2-6,8H,7,18H2,1H3. The fraction of sp³-hybridized carbons (Fsp3) is 0.133. The fourth-order valence-corrected chi connectivity index (χ4v) is 3.27. The molecule has 3 aromatic rings. The van der Waals surface area contributed by atoms with Crippen molar-refractivity contribution in [2.75, 3.05) is 0 Å². The Hall–Kier alpha value is -1.69. The Balaban J connectivity index is 2.23. The summed E-state index contributed by atoms with van der Waals surface area (Å²) in [6, 6.07) is 6.31. The molecule has 0 saturated carbocycles. The largest absolute Gasteiger partial charge is 0.325 e. The van der Waals surface area contributed by atoms with Crippen molar-refractivity contribution in [2.45, 2.75) is 13.5 Å². The monoisotopic (exact) mass is 321 g/mol. The maximum atomic E-state index is 13.2. The zero-order valence-corrected chi connectivity index (χ0v) is 12.9. The lowest BCUT2D eigenvalue weighted by atomic mass is 10.1. The number of nitrogens with zero attached hydrogens (tertiary/aromatic N) is 2. The van der Waals surface area contributed by atoms with Crippen molar-refractivity contribution in [3.8, 4) is 16.9 Å². The van der Waals surface area contributed by atoms with Gasteiger partial charge < -0.3 is 5.73 Å². The van der Waals surface area contributed by atoms with Gasteiger partial charge in [0.2, 0.25) is 0 Å². The van der Waals surface area contributed by atoms with Crippen LogP contribution in [0.4, 0.5) is 4.39 Å². The first kappa shape index (κ1) is 14.3. The molecule has 0 amide bonds. The molecule has 108 valence electrons. The minimum Gasteiger partial charge on any atom is -0.325 e. The zero-order valence-electron chi connectivity index (χ0n) is 11.3. The van der Waals surface area contributed by atoms with Gasteiger partial charge in [0.25, 0.3) is 0 Å². The third-order valence-corrected chi connectivity index (χ3v) is 4.27. The van der Waals surface area contributed by atoms with Gasteiger partial charge in [0, 0.05) is 17.5 Å². The minimum absolute atomic E-state index is 0.319. The van der Waals surface area contributed by atoms with Gasteiger partial charge in [0.05, 0.1) is 22.1 Å². The van der Waals surface area contributed by atoms with E-state index in [0.717, 1.165) is 17.2 Å². The highest BCUT2D eigenvalue weighted by molar-refractivity contribution is 7.08. The van der Waals surface area contributed by atoms with Crippen LogP contribution in [0.25, 0.3) is 16.9 Å². The lowest BCUT2D eigenvalue weighted by Crippen LogP contribution is -2.07. The van der Waals surface area contributed by atoms with E-state index in [-0.39, 0.29) is 5.82 Å². The summed E-state index contributed by atoms with van der Waals surface area (Å²) in [7, 11) is 0. The van der Waals surface area contributed by atoms with Gasteiger partial charge in [-0.2, -0.15) is 11.3 Å². The third kappa shape index (κ3) is 2.48. The molecular weight excluding hydrogens is 309 g/mol. The summed E-state index contributed by atoms with van der Waals surface area (Å²) in [4.78, 5) is 4.58. The highest BCUT2D eigenvalue weighted by atomic mass is 35.5. The van der Waals surface area contributed by atoms with Crippen LogP contribution in [0.5, 0.6) is 0 Å². The molecule has 2 N–H and O–H groups in total. The summed E-state index contributed by atoms with van der Waals surface area (Å²) < 4.78 is 15.2. The molecule has 2 heterocycles. The van der Waals surface area contributed by atoms with Crippen molar-refractivity contribution in [1.82, 2.24) is 9.55 Å². The number of aromatic nitrogens is 2. The van der Waals surface area contributed by atoms with Gasteiger partial charge in [0.1, 0.15) is 11.6 Å². The van der Waals surface area contributed by atoms with Crippen LogP contribution >= 0.6 is 22.9 Å². The number of halogens is 2. The molecule has 3 rings (SSSR count). The van der Waals surface area contributed by atoms with Gasteiger partial charge in [-0.15, -0.1) is 0 Å². The maximum Gasteiger partial charge on any atom is 0.124 e. The second-order valence-electron chi connectivity index (χ2n) is 4.60. The Morgan fingerprint density at radius 2 is 2.19 bits per heavy atom. The summed E-state index contributed by atoms with van der Waals surface area (Å²) in [5.74, 6) is 0.455. The van der Waals surface area contributed by atoms with Crippen LogP contribution in [0.2, 0.25) is 5.02 Å². The van der Waals surface area contributed by atoms with Crippen molar-refractivity contribution in [1.29, 1.82) is 0 Å². The first-order chi connectivity index (χ1) is 10.1. The molecule has 21 heavy (non-hydrogen) atoms. The fourth-order valence-electron chi connectivity index (χ4n) is 2.39. The highest BCUT2D eigenvalue weighted by Crippen LogP contribution is 2.32. The molecule has 6 heteroatoms. The number of hydrogen-bond acceptors (Lipinski definition) is 3. The molecule has 0 unspecified atom stereocenters. The molecule has 0 bridgehead atoms. The van der Waals surface area contributed by atoms with Gasteiger partial charge in [-0.05, 0) is 36.6 Å². The van der Waals surface area contributed by atoms with E-state index in [1.54, 1.807) is 17.4 Å². The van der Waals surface area contributed by atoms with E-state index in [0.29, 0.717) is 22.8 Å². The molecule has 3 nitrogen and oxygen atoms in total. The lowest BCUT2D eigenvalue weighted by molar-refractivity contribution is 0.628. The average molecular weight is 322 g/mol. The van der Waals surface area contributed by atoms with E-state index in [9.17, 15) is 4.39 Å². The number of imidazole rings is 1. The first-order valence-corrected chi connectivity index (χ1v) is 7.70. The van der Waals surface area contributed by atoms with Crippen LogP contribution in [0, 0.1) is 12.7 Å². The Kier molecular flexibility index (Phi) is 3.80. The van der Waals surface area contributed by atoms with Crippen molar-refractivity contribution < 1.29 is 4.39 Å². The van der Waals surface area contributed by atoms with Crippen molar-refractivity contribution in [2.24, 2.45) is 5.73 Å². The minimum atomic E-state index is -0.368. The van der Waals surface area contributed by atoms with E-state index in [4.69, 9.17) is 17.3 Å². The molecule has 0 aliphatic heterocycles. The number of nitrogens with two attached hydrogens (primary N) is 1. The normalized spacial score (nSPS) is 11.0. The number of thiophene rings is 1.